The van der Waals surface area contributed by atoms with E-state index in [2.05, 4.69) is 76.2 Å². The monoisotopic (exact) mass is 553 g/mol. The molecule has 3 aromatic heterocycles. The van der Waals surface area contributed by atoms with Crippen LogP contribution in [0, 0.1) is 0 Å². The summed E-state index contributed by atoms with van der Waals surface area (Å²) in [5.74, 6) is 2.79. The minimum Gasteiger partial charge on any atom is -0.453 e. The molecule has 9 rings (SSSR count). The lowest BCUT2D eigenvalue weighted by Crippen LogP contribution is -2.19. The molecule has 6 heteroatoms. The van der Waals surface area contributed by atoms with Crippen LogP contribution in [0.15, 0.2) is 140 Å². The topological polar surface area (TPSA) is 56.1 Å². The predicted octanol–water partition coefficient (Wildman–Crippen LogP) is 9.36. The molecule has 0 atom stereocenters. The van der Waals surface area contributed by atoms with Gasteiger partial charge in [-0.2, -0.15) is 4.98 Å². The van der Waals surface area contributed by atoms with Crippen molar-refractivity contribution in [3.8, 4) is 28.7 Å². The van der Waals surface area contributed by atoms with Gasteiger partial charge in [-0.05, 0) is 47.9 Å². The first-order chi connectivity index (χ1) is 21.3. The molecule has 4 heterocycles. The summed E-state index contributed by atoms with van der Waals surface area (Å²) < 4.78 is 8.52. The number of nitrogens with zero attached hydrogens (tertiary/aromatic N) is 5. The standard InChI is InChI=1S/C37H23N5O/c1-2-12-25-23-38-28(21-24(25)11-1)29-22-36(41-30-15-5-3-13-26(30)27-14-4-6-16-31(27)41)40-37(39-29)42-32-17-7-9-19-34(32)43-35-20-10-8-18-33(35)42/h1-23H. The fraction of sp³-hybridized carbons (Fsp3) is 0. The number of pyridine rings is 1. The number of hydrogen-bond donors (Lipinski definition) is 0. The highest BCUT2D eigenvalue weighted by atomic mass is 16.5. The van der Waals surface area contributed by atoms with Crippen LogP contribution in [-0.4, -0.2) is 19.5 Å². The van der Waals surface area contributed by atoms with Crippen molar-refractivity contribution in [1.29, 1.82) is 0 Å². The summed E-state index contributed by atoms with van der Waals surface area (Å²) in [7, 11) is 0. The van der Waals surface area contributed by atoms with Gasteiger partial charge < -0.3 is 4.74 Å². The zero-order chi connectivity index (χ0) is 28.3. The number of rotatable bonds is 3. The molecule has 0 bridgehead atoms. The van der Waals surface area contributed by atoms with Gasteiger partial charge >= 0.3 is 0 Å². The molecule has 1 aliphatic heterocycles. The Bertz CT molecular complexity index is 2260. The summed E-state index contributed by atoms with van der Waals surface area (Å²) in [5.41, 5.74) is 5.41. The molecule has 0 saturated heterocycles. The Balaban J connectivity index is 1.36. The summed E-state index contributed by atoms with van der Waals surface area (Å²) in [5, 5.41) is 4.53. The van der Waals surface area contributed by atoms with E-state index in [0.717, 1.165) is 61.9 Å². The van der Waals surface area contributed by atoms with E-state index in [0.29, 0.717) is 5.95 Å². The van der Waals surface area contributed by atoms with Crippen molar-refractivity contribution in [3.63, 3.8) is 0 Å². The summed E-state index contributed by atoms with van der Waals surface area (Å²) >= 11 is 0. The van der Waals surface area contributed by atoms with Crippen LogP contribution < -0.4 is 9.64 Å². The van der Waals surface area contributed by atoms with Crippen molar-refractivity contribution in [3.05, 3.63) is 140 Å². The Morgan fingerprint density at radius 3 is 1.79 bits per heavy atom. The van der Waals surface area contributed by atoms with E-state index < -0.39 is 0 Å². The summed E-state index contributed by atoms with van der Waals surface area (Å²) in [6, 6.07) is 45.3. The SMILES string of the molecule is c1ccc2c(c1)Oc1ccccc1N2c1nc(-c2cc3ccccc3cn2)cc(-n2c3ccccc3c3ccccc32)n1. The number of ether oxygens (including phenoxy) is 1. The quantitative estimate of drug-likeness (QED) is 0.218. The van der Waals surface area contributed by atoms with Gasteiger partial charge in [-0.3, -0.25) is 14.5 Å². The second-order valence-corrected chi connectivity index (χ2v) is 10.6. The lowest BCUT2D eigenvalue weighted by Gasteiger charge is -2.31. The maximum atomic E-state index is 6.30. The fourth-order valence-electron chi connectivity index (χ4n) is 6.08. The summed E-state index contributed by atoms with van der Waals surface area (Å²) in [4.78, 5) is 17.4. The zero-order valence-corrected chi connectivity index (χ0v) is 22.9. The molecule has 43 heavy (non-hydrogen) atoms. The van der Waals surface area contributed by atoms with Crippen LogP contribution >= 0.6 is 0 Å². The lowest BCUT2D eigenvalue weighted by molar-refractivity contribution is 0.476. The third-order valence-electron chi connectivity index (χ3n) is 8.04. The number of aromatic nitrogens is 4. The molecule has 0 amide bonds. The number of hydrogen-bond acceptors (Lipinski definition) is 5. The van der Waals surface area contributed by atoms with E-state index >= 15 is 0 Å². The molecular weight excluding hydrogens is 530 g/mol. The molecule has 8 aromatic rings. The van der Waals surface area contributed by atoms with Crippen molar-refractivity contribution in [2.45, 2.75) is 0 Å². The van der Waals surface area contributed by atoms with Gasteiger partial charge in [0.1, 0.15) is 5.82 Å². The van der Waals surface area contributed by atoms with E-state index in [1.807, 2.05) is 72.9 Å². The van der Waals surface area contributed by atoms with Gasteiger partial charge in [0.05, 0.1) is 33.8 Å². The third-order valence-corrected chi connectivity index (χ3v) is 8.04. The summed E-state index contributed by atoms with van der Waals surface area (Å²) in [6.07, 6.45) is 1.91. The Morgan fingerprint density at radius 1 is 0.512 bits per heavy atom. The number of fused-ring (bicyclic) bond motifs is 6. The van der Waals surface area contributed by atoms with Crippen LogP contribution in [0.1, 0.15) is 0 Å². The van der Waals surface area contributed by atoms with Crippen molar-refractivity contribution in [2.75, 3.05) is 4.90 Å². The first-order valence-corrected chi connectivity index (χ1v) is 14.2. The average molecular weight is 554 g/mol. The first-order valence-electron chi connectivity index (χ1n) is 14.2. The number of para-hydroxylation sites is 6. The number of benzene rings is 5. The molecule has 0 unspecified atom stereocenters. The van der Waals surface area contributed by atoms with Gasteiger partial charge in [0, 0.05) is 28.4 Å². The van der Waals surface area contributed by atoms with E-state index in [-0.39, 0.29) is 0 Å². The van der Waals surface area contributed by atoms with Crippen LogP contribution in [-0.2, 0) is 0 Å². The molecule has 6 nitrogen and oxygen atoms in total. The van der Waals surface area contributed by atoms with E-state index in [1.54, 1.807) is 0 Å². The highest BCUT2D eigenvalue weighted by molar-refractivity contribution is 6.09. The smallest absolute Gasteiger partial charge is 0.237 e. The second kappa shape index (κ2) is 9.26. The highest BCUT2D eigenvalue weighted by Gasteiger charge is 2.28. The van der Waals surface area contributed by atoms with Crippen LogP contribution in [0.2, 0.25) is 0 Å². The van der Waals surface area contributed by atoms with E-state index in [4.69, 9.17) is 19.7 Å². The molecule has 0 radical (unpaired) electrons. The molecule has 202 valence electrons. The molecule has 0 saturated carbocycles. The molecular formula is C37H23N5O. The predicted molar refractivity (Wildman–Crippen MR) is 172 cm³/mol. The van der Waals surface area contributed by atoms with Gasteiger partial charge in [-0.15, -0.1) is 0 Å². The minimum absolute atomic E-state index is 0.535. The van der Waals surface area contributed by atoms with Gasteiger partial charge in [0.2, 0.25) is 5.95 Å². The van der Waals surface area contributed by atoms with Gasteiger partial charge in [0.25, 0.3) is 0 Å². The minimum atomic E-state index is 0.535. The van der Waals surface area contributed by atoms with Crippen LogP contribution in [0.4, 0.5) is 17.3 Å². The third kappa shape index (κ3) is 3.70. The Kier molecular flexibility index (Phi) is 5.10. The van der Waals surface area contributed by atoms with Crippen LogP contribution in [0.3, 0.4) is 0 Å². The molecule has 0 spiro atoms. The fourth-order valence-corrected chi connectivity index (χ4v) is 6.08. The Morgan fingerprint density at radius 2 is 1.09 bits per heavy atom. The van der Waals surface area contributed by atoms with Crippen molar-refractivity contribution >= 4 is 49.9 Å². The van der Waals surface area contributed by atoms with Crippen molar-refractivity contribution in [2.24, 2.45) is 0 Å². The molecule has 5 aromatic carbocycles. The summed E-state index contributed by atoms with van der Waals surface area (Å²) in [6.45, 7) is 0. The van der Waals surface area contributed by atoms with Crippen LogP contribution in [0.5, 0.6) is 11.5 Å². The lowest BCUT2D eigenvalue weighted by atomic mass is 10.1. The number of anilines is 3. The molecule has 0 N–H and O–H groups in total. The second-order valence-electron chi connectivity index (χ2n) is 10.6. The average Bonchev–Trinajstić information content (AvgIpc) is 3.41. The highest BCUT2D eigenvalue weighted by Crippen LogP contribution is 2.49. The molecule has 1 aliphatic rings. The van der Waals surface area contributed by atoms with E-state index in [9.17, 15) is 0 Å². The maximum Gasteiger partial charge on any atom is 0.237 e. The van der Waals surface area contributed by atoms with Gasteiger partial charge in [-0.1, -0.05) is 84.9 Å². The maximum absolute atomic E-state index is 6.30. The van der Waals surface area contributed by atoms with Gasteiger partial charge in [-0.25, -0.2) is 4.98 Å². The van der Waals surface area contributed by atoms with Gasteiger partial charge in [0.15, 0.2) is 11.5 Å². The first kappa shape index (κ1) is 23.7. The van der Waals surface area contributed by atoms with E-state index in [1.165, 1.54) is 10.8 Å². The largest absolute Gasteiger partial charge is 0.453 e. The van der Waals surface area contributed by atoms with Crippen molar-refractivity contribution < 1.29 is 4.74 Å². The Labute approximate surface area is 247 Å². The Hall–Kier alpha value is -6.01. The molecule has 0 fully saturated rings. The van der Waals surface area contributed by atoms with Crippen molar-refractivity contribution in [1.82, 2.24) is 19.5 Å². The normalized spacial score (nSPS) is 12.3. The molecule has 0 aliphatic carbocycles. The van der Waals surface area contributed by atoms with Crippen LogP contribution in [0.25, 0.3) is 49.8 Å². The zero-order valence-electron chi connectivity index (χ0n) is 22.9.